The van der Waals surface area contributed by atoms with Gasteiger partial charge in [0.1, 0.15) is 0 Å². The van der Waals surface area contributed by atoms with E-state index in [0.717, 1.165) is 12.1 Å². The molecule has 0 bridgehead atoms. The highest BCUT2D eigenvalue weighted by Crippen LogP contribution is 2.27. The van der Waals surface area contributed by atoms with E-state index in [1.54, 1.807) is 34.6 Å². The minimum Gasteiger partial charge on any atom is -0.359 e. The van der Waals surface area contributed by atoms with Crippen LogP contribution in [0.3, 0.4) is 0 Å². The molecule has 1 aliphatic heterocycles. The number of sulfonamides is 1. The molecule has 2 N–H and O–H groups in total. The summed E-state index contributed by atoms with van der Waals surface area (Å²) in [4.78, 5) is 0.319. The van der Waals surface area contributed by atoms with Crippen molar-refractivity contribution in [2.75, 3.05) is 25.0 Å². The lowest BCUT2D eigenvalue weighted by Gasteiger charge is -2.34. The molecule has 1 heterocycles. The number of thiocarbonyl (C=S) groups is 1. The quantitative estimate of drug-likeness (QED) is 0.619. The van der Waals surface area contributed by atoms with Gasteiger partial charge in [0, 0.05) is 25.3 Å². The Hall–Kier alpha value is -1.44. The number of benzene rings is 1. The summed E-state index contributed by atoms with van der Waals surface area (Å²) in [5, 5.41) is 6.45. The molecule has 0 aromatic heterocycles. The number of nitrogens with one attached hydrogen (secondary N) is 2. The molecule has 1 aliphatic rings. The Morgan fingerprint density at radius 1 is 1.29 bits per heavy atom. The van der Waals surface area contributed by atoms with Gasteiger partial charge in [-0.05, 0) is 54.7 Å². The van der Waals surface area contributed by atoms with E-state index in [2.05, 4.69) is 31.1 Å². The molecule has 7 heteroatoms. The molecule has 1 aromatic rings. The molecule has 1 fully saturated rings. The normalized spacial score (nSPS) is 21.9. The van der Waals surface area contributed by atoms with Crippen LogP contribution in [-0.4, -0.2) is 37.5 Å². The zero-order valence-corrected chi connectivity index (χ0v) is 15.8. The molecular weight excluding hydrogens is 342 g/mol. The highest BCUT2D eigenvalue weighted by atomic mass is 32.2. The maximum Gasteiger partial charge on any atom is 0.243 e. The van der Waals surface area contributed by atoms with Crippen molar-refractivity contribution in [1.29, 1.82) is 0 Å². The van der Waals surface area contributed by atoms with Crippen LogP contribution in [0.2, 0.25) is 0 Å². The summed E-state index contributed by atoms with van der Waals surface area (Å²) in [6, 6.07) is 6.70. The Morgan fingerprint density at radius 3 is 2.42 bits per heavy atom. The van der Waals surface area contributed by atoms with Gasteiger partial charge in [0.25, 0.3) is 0 Å². The smallest absolute Gasteiger partial charge is 0.243 e. The first-order valence-electron chi connectivity index (χ1n) is 8.09. The molecule has 2 rings (SSSR count). The predicted molar refractivity (Wildman–Crippen MR) is 103 cm³/mol. The molecule has 2 atom stereocenters. The highest BCUT2D eigenvalue weighted by Gasteiger charge is 2.31. The molecule has 0 amide bonds. The Morgan fingerprint density at radius 2 is 1.88 bits per heavy atom. The van der Waals surface area contributed by atoms with E-state index in [0.29, 0.717) is 41.5 Å². The van der Waals surface area contributed by atoms with E-state index in [1.807, 2.05) is 0 Å². The van der Waals surface area contributed by atoms with Crippen LogP contribution in [0.25, 0.3) is 0 Å². The molecule has 1 aromatic carbocycles. The van der Waals surface area contributed by atoms with Crippen LogP contribution in [0, 0.1) is 11.8 Å². The summed E-state index contributed by atoms with van der Waals surface area (Å²) < 4.78 is 27.2. The fourth-order valence-corrected chi connectivity index (χ4v) is 4.88. The topological polar surface area (TPSA) is 61.4 Å². The largest absolute Gasteiger partial charge is 0.359 e. The number of hydrogen-bond donors (Lipinski definition) is 2. The number of anilines is 1. The fourth-order valence-electron chi connectivity index (χ4n) is 3.00. The Labute approximate surface area is 150 Å². The Kier molecular flexibility index (Phi) is 6.37. The first-order chi connectivity index (χ1) is 11.3. The van der Waals surface area contributed by atoms with Crippen molar-refractivity contribution in [1.82, 2.24) is 9.62 Å². The number of hydrogen-bond acceptors (Lipinski definition) is 3. The van der Waals surface area contributed by atoms with Gasteiger partial charge < -0.3 is 10.6 Å². The average molecular weight is 368 g/mol. The summed E-state index contributed by atoms with van der Waals surface area (Å²) in [5.41, 5.74) is 0.746. The van der Waals surface area contributed by atoms with Gasteiger partial charge in [0.15, 0.2) is 5.11 Å². The lowest BCUT2D eigenvalue weighted by molar-refractivity contribution is 0.222. The molecule has 5 nitrogen and oxygen atoms in total. The number of rotatable bonds is 5. The van der Waals surface area contributed by atoms with Crippen LogP contribution in [-0.2, 0) is 10.0 Å². The van der Waals surface area contributed by atoms with Crippen molar-refractivity contribution >= 4 is 33.0 Å². The third-order valence-corrected chi connectivity index (χ3v) is 6.08. The first kappa shape index (κ1) is 18.9. The summed E-state index contributed by atoms with van der Waals surface area (Å²) in [7, 11) is -3.44. The third-order valence-electron chi connectivity index (χ3n) is 3.99. The van der Waals surface area contributed by atoms with Gasteiger partial charge in [0.05, 0.1) is 4.90 Å². The van der Waals surface area contributed by atoms with Crippen molar-refractivity contribution in [2.45, 2.75) is 25.2 Å². The van der Waals surface area contributed by atoms with Crippen LogP contribution >= 0.6 is 12.2 Å². The van der Waals surface area contributed by atoms with Gasteiger partial charge in [-0.3, -0.25) is 0 Å². The van der Waals surface area contributed by atoms with Gasteiger partial charge >= 0.3 is 0 Å². The minimum atomic E-state index is -3.44. The zero-order valence-electron chi connectivity index (χ0n) is 14.2. The fraction of sp³-hybridized carbons (Fsp3) is 0.471. The van der Waals surface area contributed by atoms with Crippen molar-refractivity contribution in [2.24, 2.45) is 11.8 Å². The van der Waals surface area contributed by atoms with Gasteiger partial charge in [-0.25, -0.2) is 8.42 Å². The maximum absolute atomic E-state index is 12.8. The second-order valence-corrected chi connectivity index (χ2v) is 8.76. The molecule has 0 unspecified atom stereocenters. The van der Waals surface area contributed by atoms with Crippen LogP contribution in [0.4, 0.5) is 5.69 Å². The van der Waals surface area contributed by atoms with Gasteiger partial charge in [-0.15, -0.1) is 6.58 Å². The van der Waals surface area contributed by atoms with Crippen molar-refractivity contribution in [3.8, 4) is 0 Å². The summed E-state index contributed by atoms with van der Waals surface area (Å²) in [6.45, 7) is 9.56. The van der Waals surface area contributed by atoms with Crippen LogP contribution in [0.1, 0.15) is 20.3 Å². The predicted octanol–water partition coefficient (Wildman–Crippen LogP) is 2.83. The number of piperidine rings is 1. The first-order valence-corrected chi connectivity index (χ1v) is 9.93. The lowest BCUT2D eigenvalue weighted by Crippen LogP contribution is -2.42. The van der Waals surface area contributed by atoms with E-state index in [-0.39, 0.29) is 0 Å². The van der Waals surface area contributed by atoms with Crippen molar-refractivity contribution in [3.05, 3.63) is 36.9 Å². The molecule has 132 valence electrons. The van der Waals surface area contributed by atoms with Gasteiger partial charge in [0.2, 0.25) is 10.0 Å². The highest BCUT2D eigenvalue weighted by molar-refractivity contribution is 7.89. The summed E-state index contributed by atoms with van der Waals surface area (Å²) in [5.74, 6) is 0.774. The van der Waals surface area contributed by atoms with Crippen LogP contribution in [0.5, 0.6) is 0 Å². The summed E-state index contributed by atoms with van der Waals surface area (Å²) in [6.07, 6.45) is 2.79. The second-order valence-electron chi connectivity index (χ2n) is 6.42. The van der Waals surface area contributed by atoms with Gasteiger partial charge in [-0.2, -0.15) is 4.31 Å². The summed E-state index contributed by atoms with van der Waals surface area (Å²) >= 11 is 5.14. The Balaban J connectivity index is 2.08. The minimum absolute atomic E-state index is 0.319. The lowest BCUT2D eigenvalue weighted by atomic mass is 9.94. The molecule has 1 saturated heterocycles. The standard InChI is InChI=1S/C17H25N3O2S2/c1-4-9-18-17(23)19-15-5-7-16(8-6-15)24(21,22)20-11-13(2)10-14(3)12-20/h4-8,13-14H,1,9-12H2,2-3H3,(H2,18,19,23)/t13-,14+. The monoisotopic (exact) mass is 367 g/mol. The molecule has 0 saturated carbocycles. The molecule has 24 heavy (non-hydrogen) atoms. The average Bonchev–Trinajstić information content (AvgIpc) is 2.52. The van der Waals surface area contributed by atoms with Crippen LogP contribution in [0.15, 0.2) is 41.8 Å². The third kappa shape index (κ3) is 4.78. The van der Waals surface area contributed by atoms with E-state index in [9.17, 15) is 8.42 Å². The zero-order chi connectivity index (χ0) is 17.7. The van der Waals surface area contributed by atoms with Crippen molar-refractivity contribution in [3.63, 3.8) is 0 Å². The Bertz CT molecular complexity index is 676. The van der Waals surface area contributed by atoms with Crippen molar-refractivity contribution < 1.29 is 8.42 Å². The molecule has 0 spiro atoms. The number of nitrogens with zero attached hydrogens (tertiary/aromatic N) is 1. The molecule has 0 aliphatic carbocycles. The maximum atomic E-state index is 12.8. The van der Waals surface area contributed by atoms with E-state index in [4.69, 9.17) is 12.2 Å². The molecular formula is C17H25N3O2S2. The van der Waals surface area contributed by atoms with Crippen LogP contribution < -0.4 is 10.6 Å². The van der Waals surface area contributed by atoms with E-state index in [1.165, 1.54) is 0 Å². The SMILES string of the molecule is C=CCNC(=S)Nc1ccc(S(=O)(=O)N2C[C@H](C)C[C@H](C)C2)cc1. The van der Waals surface area contributed by atoms with E-state index < -0.39 is 10.0 Å². The van der Waals surface area contributed by atoms with E-state index >= 15 is 0 Å². The second kappa shape index (κ2) is 8.09. The van der Waals surface area contributed by atoms with Gasteiger partial charge in [-0.1, -0.05) is 19.9 Å². The molecule has 0 radical (unpaired) electrons.